The summed E-state index contributed by atoms with van der Waals surface area (Å²) in [5, 5.41) is 18.3. The largest absolute Gasteiger partial charge is 0.485 e. The highest BCUT2D eigenvalue weighted by atomic mass is 35.5. The van der Waals surface area contributed by atoms with Gasteiger partial charge in [0, 0.05) is 5.02 Å². The molecule has 0 saturated carbocycles. The number of carboxylic acid groups (broad SMARTS) is 2. The molecule has 0 bridgehead atoms. The third-order valence-corrected chi connectivity index (χ3v) is 3.53. The molecule has 130 valence electrons. The van der Waals surface area contributed by atoms with E-state index in [2.05, 4.69) is 4.99 Å². The first-order valence-electron chi connectivity index (χ1n) is 7.05. The van der Waals surface area contributed by atoms with Crippen LogP contribution in [0.25, 0.3) is 0 Å². The minimum atomic E-state index is -1.45. The molecule has 0 saturated heterocycles. The number of rotatable bonds is 7. The summed E-state index contributed by atoms with van der Waals surface area (Å²) >= 11 is 12.1. The SMILES string of the molecule is O=C(O)CC(=Nc1cc(Cl)cc(Cl)c1OCc1ccccc1)C(=O)O. The van der Waals surface area contributed by atoms with E-state index in [-0.39, 0.29) is 28.1 Å². The van der Waals surface area contributed by atoms with Gasteiger partial charge in [-0.15, -0.1) is 0 Å². The van der Waals surface area contributed by atoms with Crippen LogP contribution >= 0.6 is 23.2 Å². The highest BCUT2D eigenvalue weighted by Crippen LogP contribution is 2.39. The highest BCUT2D eigenvalue weighted by Gasteiger charge is 2.17. The van der Waals surface area contributed by atoms with Crippen LogP contribution in [0.5, 0.6) is 5.75 Å². The predicted molar refractivity (Wildman–Crippen MR) is 94.2 cm³/mol. The van der Waals surface area contributed by atoms with Crippen molar-refractivity contribution in [2.45, 2.75) is 13.0 Å². The summed E-state index contributed by atoms with van der Waals surface area (Å²) < 4.78 is 5.66. The molecule has 2 aromatic carbocycles. The molecule has 0 aliphatic heterocycles. The van der Waals surface area contributed by atoms with Gasteiger partial charge in [0.1, 0.15) is 18.0 Å². The fourth-order valence-corrected chi connectivity index (χ4v) is 2.49. The molecule has 0 heterocycles. The molecule has 2 aromatic rings. The Labute approximate surface area is 153 Å². The molecule has 0 aromatic heterocycles. The monoisotopic (exact) mass is 381 g/mol. The number of ether oxygens (including phenoxy) is 1. The second-order valence-corrected chi connectivity index (χ2v) is 5.79. The average Bonchev–Trinajstić information content (AvgIpc) is 2.53. The van der Waals surface area contributed by atoms with E-state index in [0.29, 0.717) is 0 Å². The first-order valence-corrected chi connectivity index (χ1v) is 7.81. The quantitative estimate of drug-likeness (QED) is 0.700. The van der Waals surface area contributed by atoms with E-state index < -0.39 is 24.1 Å². The summed E-state index contributed by atoms with van der Waals surface area (Å²) in [6.07, 6.45) is -0.752. The van der Waals surface area contributed by atoms with Crippen molar-refractivity contribution in [3.63, 3.8) is 0 Å². The topological polar surface area (TPSA) is 96.2 Å². The van der Waals surface area contributed by atoms with Crippen molar-refractivity contribution in [2.75, 3.05) is 0 Å². The number of aliphatic carboxylic acids is 2. The van der Waals surface area contributed by atoms with Crippen molar-refractivity contribution in [2.24, 2.45) is 4.99 Å². The third-order valence-electron chi connectivity index (χ3n) is 3.04. The number of nitrogens with zero attached hydrogens (tertiary/aromatic N) is 1. The standard InChI is InChI=1S/C17H13Cl2NO5/c18-11-6-12(19)16(25-9-10-4-2-1-3-5-10)13(7-11)20-14(17(23)24)8-15(21)22/h1-7H,8-9H2,(H,21,22)(H,23,24). The smallest absolute Gasteiger partial charge is 0.350 e. The van der Waals surface area contributed by atoms with Gasteiger partial charge < -0.3 is 14.9 Å². The zero-order chi connectivity index (χ0) is 18.4. The lowest BCUT2D eigenvalue weighted by atomic mass is 10.2. The maximum Gasteiger partial charge on any atom is 0.350 e. The molecule has 0 aliphatic carbocycles. The van der Waals surface area contributed by atoms with Crippen LogP contribution in [0.15, 0.2) is 47.5 Å². The lowest BCUT2D eigenvalue weighted by molar-refractivity contribution is -0.137. The Morgan fingerprint density at radius 2 is 1.76 bits per heavy atom. The average molecular weight is 382 g/mol. The van der Waals surface area contributed by atoms with Crippen molar-refractivity contribution in [1.82, 2.24) is 0 Å². The van der Waals surface area contributed by atoms with Crippen LogP contribution in [0.2, 0.25) is 10.0 Å². The van der Waals surface area contributed by atoms with Crippen LogP contribution in [0.3, 0.4) is 0 Å². The summed E-state index contributed by atoms with van der Waals surface area (Å²) in [6, 6.07) is 12.0. The Hall–Kier alpha value is -2.57. The van der Waals surface area contributed by atoms with E-state index in [9.17, 15) is 9.59 Å². The lowest BCUT2D eigenvalue weighted by Gasteiger charge is -2.12. The zero-order valence-electron chi connectivity index (χ0n) is 12.8. The Bertz CT molecular complexity index is 821. The van der Waals surface area contributed by atoms with Crippen LogP contribution in [-0.2, 0) is 16.2 Å². The predicted octanol–water partition coefficient (Wildman–Crippen LogP) is 4.20. The van der Waals surface area contributed by atoms with E-state index in [0.717, 1.165) is 5.56 Å². The maximum atomic E-state index is 11.2. The summed E-state index contributed by atoms with van der Waals surface area (Å²) in [4.78, 5) is 25.9. The molecule has 0 amide bonds. The molecule has 0 atom stereocenters. The van der Waals surface area contributed by atoms with E-state index in [1.807, 2.05) is 30.3 Å². The fourth-order valence-electron chi connectivity index (χ4n) is 1.95. The molecular weight excluding hydrogens is 369 g/mol. The molecular formula is C17H13Cl2NO5. The summed E-state index contributed by atoms with van der Waals surface area (Å²) in [5.74, 6) is -2.65. The Kier molecular flexibility index (Phi) is 6.38. The van der Waals surface area contributed by atoms with Crippen LogP contribution in [0, 0.1) is 0 Å². The van der Waals surface area contributed by atoms with Crippen LogP contribution in [-0.4, -0.2) is 27.9 Å². The van der Waals surface area contributed by atoms with Crippen LogP contribution < -0.4 is 4.74 Å². The van der Waals surface area contributed by atoms with Crippen LogP contribution in [0.4, 0.5) is 5.69 Å². The Balaban J connectivity index is 2.39. The number of carboxylic acids is 2. The number of hydrogen-bond donors (Lipinski definition) is 2. The molecule has 0 unspecified atom stereocenters. The Morgan fingerprint density at radius 3 is 2.36 bits per heavy atom. The summed E-state index contributed by atoms with van der Waals surface area (Å²) in [7, 11) is 0. The lowest BCUT2D eigenvalue weighted by Crippen LogP contribution is -2.17. The molecule has 0 aliphatic rings. The first-order chi connectivity index (χ1) is 11.9. The van der Waals surface area contributed by atoms with Gasteiger partial charge in [0.2, 0.25) is 0 Å². The Morgan fingerprint density at radius 1 is 1.08 bits per heavy atom. The number of carbonyl (C=O) groups is 2. The minimum absolute atomic E-state index is 0.0482. The number of hydrogen-bond acceptors (Lipinski definition) is 4. The van der Waals surface area contributed by atoms with E-state index in [1.165, 1.54) is 12.1 Å². The molecule has 2 N–H and O–H groups in total. The zero-order valence-corrected chi connectivity index (χ0v) is 14.3. The van der Waals surface area contributed by atoms with Gasteiger partial charge in [-0.2, -0.15) is 0 Å². The van der Waals surface area contributed by atoms with Gasteiger partial charge in [-0.3, -0.25) is 4.79 Å². The fraction of sp³-hybridized carbons (Fsp3) is 0.118. The molecule has 0 spiro atoms. The first kappa shape index (κ1) is 18.8. The van der Waals surface area contributed by atoms with Gasteiger partial charge in [0.15, 0.2) is 5.75 Å². The minimum Gasteiger partial charge on any atom is -0.485 e. The highest BCUT2D eigenvalue weighted by molar-refractivity contribution is 6.39. The third kappa shape index (κ3) is 5.48. The van der Waals surface area contributed by atoms with Crippen molar-refractivity contribution < 1.29 is 24.5 Å². The van der Waals surface area contributed by atoms with Gasteiger partial charge in [0.25, 0.3) is 0 Å². The van der Waals surface area contributed by atoms with Crippen LogP contribution in [0.1, 0.15) is 12.0 Å². The molecule has 8 heteroatoms. The molecule has 2 rings (SSSR count). The van der Waals surface area contributed by atoms with Gasteiger partial charge in [-0.05, 0) is 17.7 Å². The van der Waals surface area contributed by atoms with E-state index >= 15 is 0 Å². The van der Waals surface area contributed by atoms with E-state index in [1.54, 1.807) is 0 Å². The van der Waals surface area contributed by atoms with Gasteiger partial charge in [0.05, 0.1) is 11.4 Å². The van der Waals surface area contributed by atoms with Gasteiger partial charge in [-0.25, -0.2) is 9.79 Å². The van der Waals surface area contributed by atoms with E-state index in [4.69, 9.17) is 38.2 Å². The normalized spacial score (nSPS) is 11.2. The van der Waals surface area contributed by atoms with Crippen molar-refractivity contribution in [1.29, 1.82) is 0 Å². The number of benzene rings is 2. The molecule has 6 nitrogen and oxygen atoms in total. The summed E-state index contributed by atoms with van der Waals surface area (Å²) in [6.45, 7) is 0.173. The van der Waals surface area contributed by atoms with Crippen molar-refractivity contribution in [3.05, 3.63) is 58.1 Å². The van der Waals surface area contributed by atoms with Gasteiger partial charge >= 0.3 is 11.9 Å². The number of halogens is 2. The van der Waals surface area contributed by atoms with Gasteiger partial charge in [-0.1, -0.05) is 53.5 Å². The molecule has 0 fully saturated rings. The second kappa shape index (κ2) is 8.50. The molecule has 25 heavy (non-hydrogen) atoms. The maximum absolute atomic E-state index is 11.2. The number of aliphatic imine (C=N–C) groups is 1. The van der Waals surface area contributed by atoms with Crippen molar-refractivity contribution in [3.8, 4) is 5.75 Å². The second-order valence-electron chi connectivity index (χ2n) is 4.94. The molecule has 0 radical (unpaired) electrons. The summed E-state index contributed by atoms with van der Waals surface area (Å²) in [5.41, 5.74) is 0.356. The van der Waals surface area contributed by atoms with Crippen molar-refractivity contribution >= 4 is 46.5 Å².